The molecule has 0 spiro atoms. The second kappa shape index (κ2) is 8.03. The Balaban J connectivity index is 0.00000196. The minimum atomic E-state index is 0. The molecule has 0 fully saturated rings. The topological polar surface area (TPSA) is 22.1 Å². The van der Waals surface area contributed by atoms with Crippen LogP contribution < -0.4 is 4.74 Å². The summed E-state index contributed by atoms with van der Waals surface area (Å²) in [5.74, 6) is 0.882. The lowest BCUT2D eigenvalue weighted by Gasteiger charge is -2.13. The molecule has 1 heterocycles. The maximum atomic E-state index is 5.39. The van der Waals surface area contributed by atoms with Gasteiger partial charge in [-0.2, -0.15) is 0 Å². The van der Waals surface area contributed by atoms with E-state index in [4.69, 9.17) is 4.74 Å². The quantitative estimate of drug-likeness (QED) is 0.450. The molecule has 1 aromatic heterocycles. The minimum Gasteiger partial charge on any atom is -0.497 e. The van der Waals surface area contributed by atoms with Crippen LogP contribution in [0.3, 0.4) is 0 Å². The van der Waals surface area contributed by atoms with Crippen molar-refractivity contribution in [3.63, 3.8) is 0 Å². The van der Waals surface area contributed by atoms with Crippen molar-refractivity contribution in [2.75, 3.05) is 7.11 Å². The van der Waals surface area contributed by atoms with E-state index in [9.17, 15) is 0 Å². The van der Waals surface area contributed by atoms with Crippen LogP contribution in [0.25, 0.3) is 21.9 Å². The van der Waals surface area contributed by atoms with Crippen LogP contribution in [0.4, 0.5) is 0 Å². The van der Waals surface area contributed by atoms with Crippen molar-refractivity contribution in [2.45, 2.75) is 6.42 Å². The zero-order valence-electron chi connectivity index (χ0n) is 14.6. The van der Waals surface area contributed by atoms with Gasteiger partial charge in [0.05, 0.1) is 7.11 Å². The molecule has 3 aromatic carbocycles. The molecule has 0 aliphatic rings. The number of nitrogens with zero attached hydrogens (tertiary/aromatic N) is 1. The average Bonchev–Trinajstić information content (AvgIpc) is 2.68. The highest BCUT2D eigenvalue weighted by Crippen LogP contribution is 2.31. The van der Waals surface area contributed by atoms with Crippen molar-refractivity contribution in [3.8, 4) is 16.9 Å². The zero-order chi connectivity index (χ0) is 17.1. The molecular weight excluding hydrogens is 342 g/mol. The number of ether oxygens (including phenoxy) is 1. The molecule has 0 bridgehead atoms. The van der Waals surface area contributed by atoms with E-state index < -0.39 is 0 Å². The number of methoxy groups -OCH3 is 1. The largest absolute Gasteiger partial charge is 0.497 e. The van der Waals surface area contributed by atoms with Crippen molar-refractivity contribution >= 4 is 23.2 Å². The molecule has 0 saturated carbocycles. The van der Waals surface area contributed by atoms with Crippen LogP contribution in [-0.2, 0) is 6.42 Å². The molecule has 4 rings (SSSR count). The summed E-state index contributed by atoms with van der Waals surface area (Å²) in [7, 11) is 1.70. The van der Waals surface area contributed by atoms with Gasteiger partial charge in [-0.15, -0.1) is 12.4 Å². The lowest BCUT2D eigenvalue weighted by molar-refractivity contribution is 0.415. The van der Waals surface area contributed by atoms with E-state index in [-0.39, 0.29) is 12.4 Å². The third-order valence-corrected chi connectivity index (χ3v) is 4.48. The van der Waals surface area contributed by atoms with E-state index in [2.05, 4.69) is 65.6 Å². The molecule has 130 valence electrons. The van der Waals surface area contributed by atoms with Crippen LogP contribution in [0, 0.1) is 0 Å². The van der Waals surface area contributed by atoms with E-state index in [0.717, 1.165) is 17.7 Å². The number of halogens is 1. The molecule has 0 amide bonds. The third-order valence-electron chi connectivity index (χ3n) is 4.48. The first kappa shape index (κ1) is 18.0. The number of fused-ring (bicyclic) bond motifs is 1. The van der Waals surface area contributed by atoms with Crippen molar-refractivity contribution in [1.82, 2.24) is 4.98 Å². The Labute approximate surface area is 159 Å². The first-order valence-electron chi connectivity index (χ1n) is 8.38. The van der Waals surface area contributed by atoms with E-state index in [0.29, 0.717) is 0 Å². The minimum absolute atomic E-state index is 0. The first-order valence-corrected chi connectivity index (χ1v) is 8.38. The van der Waals surface area contributed by atoms with E-state index in [1.165, 1.54) is 27.5 Å². The van der Waals surface area contributed by atoms with Gasteiger partial charge in [0.25, 0.3) is 0 Å². The molecule has 0 unspecified atom stereocenters. The maximum Gasteiger partial charge on any atom is 0.119 e. The van der Waals surface area contributed by atoms with E-state index in [1.54, 1.807) is 7.11 Å². The highest BCUT2D eigenvalue weighted by atomic mass is 35.5. The smallest absolute Gasteiger partial charge is 0.119 e. The number of pyridine rings is 1. The van der Waals surface area contributed by atoms with Crippen LogP contribution in [0.2, 0.25) is 0 Å². The molecule has 0 aliphatic carbocycles. The van der Waals surface area contributed by atoms with Crippen LogP contribution in [0.5, 0.6) is 5.75 Å². The Morgan fingerprint density at radius 2 is 1.69 bits per heavy atom. The standard InChI is InChI=1S/C23H19NO.ClH/c1-25-22-10-9-18-15-23(19-8-5-11-24-16-19)21(13-20(18)14-22)12-17-6-3-2-4-7-17;/h2-11,13-16H,12H2,1H3;1H. The summed E-state index contributed by atoms with van der Waals surface area (Å²) >= 11 is 0. The molecule has 0 aliphatic heterocycles. The number of hydrogen-bond donors (Lipinski definition) is 0. The molecule has 0 saturated heterocycles. The molecule has 4 aromatic rings. The van der Waals surface area contributed by atoms with Crippen molar-refractivity contribution in [2.24, 2.45) is 0 Å². The van der Waals surface area contributed by atoms with Crippen molar-refractivity contribution in [1.29, 1.82) is 0 Å². The molecule has 2 nitrogen and oxygen atoms in total. The average molecular weight is 362 g/mol. The van der Waals surface area contributed by atoms with Crippen LogP contribution in [0.1, 0.15) is 11.1 Å². The molecule has 3 heteroatoms. The zero-order valence-corrected chi connectivity index (χ0v) is 15.4. The van der Waals surface area contributed by atoms with Crippen molar-refractivity contribution < 1.29 is 4.74 Å². The molecule has 26 heavy (non-hydrogen) atoms. The van der Waals surface area contributed by atoms with Gasteiger partial charge in [-0.3, -0.25) is 4.98 Å². The van der Waals surface area contributed by atoms with Gasteiger partial charge in [-0.25, -0.2) is 0 Å². The molecule has 0 radical (unpaired) electrons. The summed E-state index contributed by atoms with van der Waals surface area (Å²) in [6, 6.07) is 25.4. The summed E-state index contributed by atoms with van der Waals surface area (Å²) < 4.78 is 5.39. The van der Waals surface area contributed by atoms with Gasteiger partial charge in [0.2, 0.25) is 0 Å². The van der Waals surface area contributed by atoms with Crippen LogP contribution in [-0.4, -0.2) is 12.1 Å². The summed E-state index contributed by atoms with van der Waals surface area (Å²) in [4.78, 5) is 4.30. The Morgan fingerprint density at radius 1 is 0.846 bits per heavy atom. The predicted molar refractivity (Wildman–Crippen MR) is 110 cm³/mol. The van der Waals surface area contributed by atoms with Crippen LogP contribution in [0.15, 0.2) is 85.2 Å². The van der Waals surface area contributed by atoms with Gasteiger partial charge in [-0.1, -0.05) is 48.5 Å². The van der Waals surface area contributed by atoms with Crippen molar-refractivity contribution in [3.05, 3.63) is 96.3 Å². The predicted octanol–water partition coefficient (Wildman–Crippen LogP) is 5.92. The van der Waals surface area contributed by atoms with Crippen LogP contribution >= 0.6 is 12.4 Å². The number of aromatic nitrogens is 1. The van der Waals surface area contributed by atoms with Gasteiger partial charge in [0, 0.05) is 18.0 Å². The lowest BCUT2D eigenvalue weighted by atomic mass is 9.92. The second-order valence-corrected chi connectivity index (χ2v) is 6.13. The third kappa shape index (κ3) is 3.71. The molecule has 0 N–H and O–H groups in total. The summed E-state index contributed by atoms with van der Waals surface area (Å²) in [6.45, 7) is 0. The fourth-order valence-electron chi connectivity index (χ4n) is 3.20. The Morgan fingerprint density at radius 3 is 2.42 bits per heavy atom. The van der Waals surface area contributed by atoms with Gasteiger partial charge >= 0.3 is 0 Å². The van der Waals surface area contributed by atoms with Gasteiger partial charge in [0.15, 0.2) is 0 Å². The fraction of sp³-hybridized carbons (Fsp3) is 0.0870. The summed E-state index contributed by atoms with van der Waals surface area (Å²) in [6.07, 6.45) is 4.63. The van der Waals surface area contributed by atoms with E-state index >= 15 is 0 Å². The monoisotopic (exact) mass is 361 g/mol. The number of rotatable bonds is 4. The highest BCUT2D eigenvalue weighted by Gasteiger charge is 2.09. The maximum absolute atomic E-state index is 5.39. The van der Waals surface area contributed by atoms with Gasteiger partial charge in [0.1, 0.15) is 5.75 Å². The van der Waals surface area contributed by atoms with Gasteiger partial charge < -0.3 is 4.74 Å². The number of hydrogen-bond acceptors (Lipinski definition) is 2. The lowest BCUT2D eigenvalue weighted by Crippen LogP contribution is -1.94. The van der Waals surface area contributed by atoms with Gasteiger partial charge in [-0.05, 0) is 58.1 Å². The molecule has 0 atom stereocenters. The fourth-order valence-corrected chi connectivity index (χ4v) is 3.20. The first-order chi connectivity index (χ1) is 12.3. The summed E-state index contributed by atoms with van der Waals surface area (Å²) in [5.41, 5.74) is 4.97. The SMILES string of the molecule is COc1ccc2cc(-c3cccnc3)c(Cc3ccccc3)cc2c1.Cl. The Kier molecular flexibility index (Phi) is 5.55. The Bertz CT molecular complexity index is 1000. The summed E-state index contributed by atoms with van der Waals surface area (Å²) in [5, 5.41) is 2.40. The number of benzene rings is 3. The molecular formula is C23H20ClNO. The van der Waals surface area contributed by atoms with E-state index in [1.807, 2.05) is 24.5 Å². The Hall–Kier alpha value is -2.84. The second-order valence-electron chi connectivity index (χ2n) is 6.13. The highest BCUT2D eigenvalue weighted by molar-refractivity contribution is 5.90. The normalized spacial score (nSPS) is 10.3.